The number of nitrogens with zero attached hydrogens (tertiary/aromatic N) is 4. The largest absolute Gasteiger partial charge is 0.491 e. The van der Waals surface area contributed by atoms with Gasteiger partial charge in [-0.15, -0.1) is 11.3 Å². The maximum Gasteiger partial charge on any atom is 0.417 e. The molecular weight excluding hydrogens is 748 g/mol. The number of amides is 3. The van der Waals surface area contributed by atoms with E-state index in [-0.39, 0.29) is 30.3 Å². The van der Waals surface area contributed by atoms with Crippen LogP contribution in [0.5, 0.6) is 5.75 Å². The average molecular weight is 788 g/mol. The smallest absolute Gasteiger partial charge is 0.417 e. The molecule has 292 valence electrons. The number of ether oxygens (including phenoxy) is 3. The lowest BCUT2D eigenvalue weighted by molar-refractivity contribution is -0.138. The van der Waals surface area contributed by atoms with E-state index < -0.39 is 23.7 Å². The number of thiazole rings is 1. The van der Waals surface area contributed by atoms with Crippen molar-refractivity contribution in [2.24, 2.45) is 0 Å². The summed E-state index contributed by atoms with van der Waals surface area (Å²) in [6, 6.07) is 18.2. The van der Waals surface area contributed by atoms with Crippen molar-refractivity contribution in [3.8, 4) is 27.4 Å². The summed E-state index contributed by atoms with van der Waals surface area (Å²) in [7, 11) is 3.70. The fourth-order valence-corrected chi connectivity index (χ4v) is 7.83. The van der Waals surface area contributed by atoms with Crippen molar-refractivity contribution in [2.75, 3.05) is 52.0 Å². The number of fused-ring (bicyclic) bond motifs is 2. The number of anilines is 1. The van der Waals surface area contributed by atoms with Crippen LogP contribution >= 0.6 is 11.3 Å². The van der Waals surface area contributed by atoms with Crippen LogP contribution < -0.4 is 15.0 Å². The number of benzene rings is 3. The lowest BCUT2D eigenvalue weighted by Crippen LogP contribution is -2.52. The highest BCUT2D eigenvalue weighted by atomic mass is 32.1. The second-order valence-corrected chi connectivity index (χ2v) is 14.8. The number of halogens is 3. The van der Waals surface area contributed by atoms with Crippen LogP contribution in [0, 0.1) is 0 Å². The van der Waals surface area contributed by atoms with Crippen molar-refractivity contribution in [1.82, 2.24) is 20.2 Å². The number of hydrogen-bond donors (Lipinski definition) is 1. The van der Waals surface area contributed by atoms with E-state index in [1.807, 2.05) is 37.2 Å². The molecule has 1 unspecified atom stereocenters. The number of nitrogens with one attached hydrogen (secondary N) is 1. The number of aryl methyl sites for hydroxylation is 1. The minimum atomic E-state index is -4.57. The molecule has 0 radical (unpaired) electrons. The second-order valence-electron chi connectivity index (χ2n) is 13.8. The Kier molecular flexibility index (Phi) is 11.6. The van der Waals surface area contributed by atoms with Gasteiger partial charge in [-0.05, 0) is 84.5 Å². The summed E-state index contributed by atoms with van der Waals surface area (Å²) >= 11 is 1.24. The van der Waals surface area contributed by atoms with Crippen molar-refractivity contribution in [3.05, 3.63) is 95.2 Å². The van der Waals surface area contributed by atoms with Crippen LogP contribution in [0.1, 0.15) is 46.3 Å². The standard InChI is InChI=1S/C41H40F3N5O6S/c1-48(2)36-13-7-27(23-45-36)26-6-9-31(32(22-26)41(42,43)44)39-46-33-11-5-25(20-35(33)56-39)4-3-15-53-16-17-54-18-19-55-29-8-10-30-28(21-29)24-49(40(30)52)34-12-14-37(50)47-38(34)51/h5-11,13,20-23,34H,3-4,12,14-19,24H2,1-2H3,(H,47,50,51). The molecular formula is C41H40F3N5O6S. The maximum absolute atomic E-state index is 14.3. The summed E-state index contributed by atoms with van der Waals surface area (Å²) in [4.78, 5) is 48.9. The monoisotopic (exact) mass is 787 g/mol. The Morgan fingerprint density at radius 2 is 1.66 bits per heavy atom. The maximum atomic E-state index is 14.3. The molecule has 1 atom stereocenters. The molecule has 1 fully saturated rings. The van der Waals surface area contributed by atoms with E-state index >= 15 is 0 Å². The minimum absolute atomic E-state index is 0.0464. The topological polar surface area (TPSA) is 123 Å². The van der Waals surface area contributed by atoms with E-state index in [0.29, 0.717) is 78.2 Å². The number of hydrogen-bond acceptors (Lipinski definition) is 10. The second kappa shape index (κ2) is 16.8. The van der Waals surface area contributed by atoms with Crippen LogP contribution in [-0.4, -0.2) is 85.8 Å². The first-order valence-electron chi connectivity index (χ1n) is 18.3. The van der Waals surface area contributed by atoms with Gasteiger partial charge in [0.1, 0.15) is 29.2 Å². The average Bonchev–Trinajstić information content (AvgIpc) is 3.75. The first kappa shape index (κ1) is 38.9. The summed E-state index contributed by atoms with van der Waals surface area (Å²) in [5.74, 6) is 0.306. The van der Waals surface area contributed by atoms with Crippen LogP contribution in [0.4, 0.5) is 19.0 Å². The highest BCUT2D eigenvalue weighted by molar-refractivity contribution is 7.21. The van der Waals surface area contributed by atoms with Gasteiger partial charge in [0.25, 0.3) is 5.91 Å². The Morgan fingerprint density at radius 1 is 0.893 bits per heavy atom. The van der Waals surface area contributed by atoms with Crippen molar-refractivity contribution in [2.45, 2.75) is 44.4 Å². The van der Waals surface area contributed by atoms with Gasteiger partial charge >= 0.3 is 6.18 Å². The molecule has 15 heteroatoms. The molecule has 0 bridgehead atoms. The van der Waals surface area contributed by atoms with Crippen molar-refractivity contribution < 1.29 is 41.8 Å². The number of carbonyl (C=O) groups excluding carboxylic acids is 3. The van der Waals surface area contributed by atoms with Crippen LogP contribution in [0.3, 0.4) is 0 Å². The zero-order valence-electron chi connectivity index (χ0n) is 30.9. The SMILES string of the molecule is CN(C)c1ccc(-c2ccc(-c3nc4ccc(CCCOCCOCCOc5ccc6c(c5)CN(C5CCC(=O)NC5=O)C6=O)cc4s3)c(C(F)(F)F)c2)cn1. The van der Waals surface area contributed by atoms with E-state index in [4.69, 9.17) is 14.2 Å². The van der Waals surface area contributed by atoms with Gasteiger partial charge < -0.3 is 24.0 Å². The van der Waals surface area contributed by atoms with Crippen molar-refractivity contribution >= 4 is 45.1 Å². The number of imide groups is 1. The van der Waals surface area contributed by atoms with Crippen LogP contribution in [0.2, 0.25) is 0 Å². The van der Waals surface area contributed by atoms with Crippen LogP contribution in [0.25, 0.3) is 31.9 Å². The van der Waals surface area contributed by atoms with Gasteiger partial charge in [0.05, 0.1) is 35.6 Å². The van der Waals surface area contributed by atoms with E-state index in [1.165, 1.54) is 28.4 Å². The Bertz CT molecular complexity index is 2240. The molecule has 4 heterocycles. The van der Waals surface area contributed by atoms with E-state index in [2.05, 4.69) is 15.3 Å². The van der Waals surface area contributed by atoms with E-state index in [0.717, 1.165) is 28.7 Å². The highest BCUT2D eigenvalue weighted by Gasteiger charge is 2.39. The highest BCUT2D eigenvalue weighted by Crippen LogP contribution is 2.42. The molecule has 56 heavy (non-hydrogen) atoms. The lowest BCUT2D eigenvalue weighted by atomic mass is 10.00. The number of aromatic nitrogens is 2. The fourth-order valence-electron chi connectivity index (χ4n) is 6.77. The number of alkyl halides is 3. The van der Waals surface area contributed by atoms with Gasteiger partial charge in [-0.25, -0.2) is 9.97 Å². The molecule has 11 nitrogen and oxygen atoms in total. The van der Waals surface area contributed by atoms with E-state index in [1.54, 1.807) is 42.6 Å². The number of rotatable bonds is 15. The number of pyridine rings is 1. The van der Waals surface area contributed by atoms with Gasteiger partial charge in [0.2, 0.25) is 11.8 Å². The predicted octanol–water partition coefficient (Wildman–Crippen LogP) is 6.92. The Morgan fingerprint density at radius 3 is 2.41 bits per heavy atom. The first-order chi connectivity index (χ1) is 26.9. The molecule has 1 saturated heterocycles. The molecule has 2 aromatic heterocycles. The zero-order chi connectivity index (χ0) is 39.4. The quantitative estimate of drug-likeness (QED) is 0.0891. The molecule has 2 aliphatic rings. The molecule has 7 rings (SSSR count). The third-order valence-electron chi connectivity index (χ3n) is 9.67. The summed E-state index contributed by atoms with van der Waals surface area (Å²) in [5.41, 5.74) is 3.32. The molecule has 3 amide bonds. The van der Waals surface area contributed by atoms with Gasteiger partial charge in [-0.1, -0.05) is 18.2 Å². The van der Waals surface area contributed by atoms with E-state index in [9.17, 15) is 27.6 Å². The lowest BCUT2D eigenvalue weighted by Gasteiger charge is -2.29. The molecule has 0 aliphatic carbocycles. The molecule has 5 aromatic rings. The summed E-state index contributed by atoms with van der Waals surface area (Å²) in [6.45, 7) is 2.24. The molecule has 0 saturated carbocycles. The van der Waals surface area contributed by atoms with Crippen molar-refractivity contribution in [3.63, 3.8) is 0 Å². The summed E-state index contributed by atoms with van der Waals surface area (Å²) in [6.07, 6.45) is -0.988. The summed E-state index contributed by atoms with van der Waals surface area (Å²) in [5, 5.41) is 2.62. The third kappa shape index (κ3) is 8.85. The Balaban J connectivity index is 0.832. The minimum Gasteiger partial charge on any atom is -0.491 e. The van der Waals surface area contributed by atoms with Crippen molar-refractivity contribution in [1.29, 1.82) is 0 Å². The van der Waals surface area contributed by atoms with Gasteiger partial charge in [0.15, 0.2) is 0 Å². The predicted molar refractivity (Wildman–Crippen MR) is 206 cm³/mol. The van der Waals surface area contributed by atoms with Crippen LogP contribution in [0.15, 0.2) is 72.9 Å². The fraction of sp³-hybridized carbons (Fsp3) is 0.341. The molecule has 3 aromatic carbocycles. The molecule has 0 spiro atoms. The van der Waals surface area contributed by atoms with Gasteiger partial charge in [-0.2, -0.15) is 13.2 Å². The normalized spacial score (nSPS) is 15.7. The summed E-state index contributed by atoms with van der Waals surface area (Å²) < 4.78 is 60.9. The van der Waals surface area contributed by atoms with Gasteiger partial charge in [-0.3, -0.25) is 19.7 Å². The van der Waals surface area contributed by atoms with Gasteiger partial charge in [0, 0.05) is 56.6 Å². The number of carbonyl (C=O) groups is 3. The molecule has 2 aliphatic heterocycles. The first-order valence-corrected chi connectivity index (χ1v) is 19.1. The molecule has 1 N–H and O–H groups in total. The Labute approximate surface area is 325 Å². The van der Waals surface area contributed by atoms with Crippen LogP contribution in [-0.2, 0) is 38.2 Å². The zero-order valence-corrected chi connectivity index (χ0v) is 31.7. The third-order valence-corrected chi connectivity index (χ3v) is 10.7. The number of piperidine rings is 1. The Hall–Kier alpha value is -5.38.